The summed E-state index contributed by atoms with van der Waals surface area (Å²) in [6.07, 6.45) is 3.11. The number of nitrogens with zero attached hydrogens (tertiary/aromatic N) is 4. The van der Waals surface area contributed by atoms with Gasteiger partial charge in [0, 0.05) is 30.9 Å². The summed E-state index contributed by atoms with van der Waals surface area (Å²) in [5.74, 6) is -3.22. The Labute approximate surface area is 204 Å². The lowest BCUT2D eigenvalue weighted by Crippen LogP contribution is -2.40. The summed E-state index contributed by atoms with van der Waals surface area (Å²) < 4.78 is 27.5. The van der Waals surface area contributed by atoms with E-state index in [0.29, 0.717) is 22.4 Å². The van der Waals surface area contributed by atoms with Crippen molar-refractivity contribution in [3.05, 3.63) is 75.6 Å². The summed E-state index contributed by atoms with van der Waals surface area (Å²) in [7, 11) is -4.07. The highest BCUT2D eigenvalue weighted by Gasteiger charge is 2.28. The van der Waals surface area contributed by atoms with Gasteiger partial charge in [0.25, 0.3) is 11.6 Å². The number of non-ortho nitro benzene ring substituents is 1. The summed E-state index contributed by atoms with van der Waals surface area (Å²) in [6, 6.07) is 11.6. The number of nitro groups is 1. The van der Waals surface area contributed by atoms with Gasteiger partial charge in [-0.3, -0.25) is 19.7 Å². The second-order valence-electron chi connectivity index (χ2n) is 8.01. The highest BCUT2D eigenvalue weighted by molar-refractivity contribution is 7.92. The predicted octanol–water partition coefficient (Wildman–Crippen LogP) is 2.62. The van der Waals surface area contributed by atoms with Crippen LogP contribution in [0, 0.1) is 10.1 Å². The highest BCUT2D eigenvalue weighted by atomic mass is 32.2. The van der Waals surface area contributed by atoms with Crippen LogP contribution in [0.1, 0.15) is 12.0 Å². The van der Waals surface area contributed by atoms with Gasteiger partial charge in [-0.05, 0) is 30.5 Å². The van der Waals surface area contributed by atoms with Crippen molar-refractivity contribution in [2.24, 2.45) is 4.99 Å². The number of allylic oxidation sites excluding steroid dienone is 1. The van der Waals surface area contributed by atoms with Gasteiger partial charge in [0.1, 0.15) is 11.5 Å². The van der Waals surface area contributed by atoms with E-state index in [1.54, 1.807) is 28.8 Å². The van der Waals surface area contributed by atoms with E-state index in [9.17, 15) is 28.1 Å². The molecule has 2 heterocycles. The molecule has 2 amide bonds. The summed E-state index contributed by atoms with van der Waals surface area (Å²) in [4.78, 5) is 41.5. The molecular weight excluding hydrogens is 492 g/mol. The highest BCUT2D eigenvalue weighted by Crippen LogP contribution is 2.27. The number of para-hydroxylation sites is 1. The minimum absolute atomic E-state index is 0.109. The van der Waals surface area contributed by atoms with Gasteiger partial charge in [-0.25, -0.2) is 8.42 Å². The molecular formula is C23H22N4O6S2. The van der Waals surface area contributed by atoms with Gasteiger partial charge in [-0.2, -0.15) is 4.99 Å². The van der Waals surface area contributed by atoms with E-state index in [1.165, 1.54) is 17.0 Å². The van der Waals surface area contributed by atoms with Crippen LogP contribution < -0.4 is 9.70 Å². The maximum absolute atomic E-state index is 12.8. The number of anilines is 1. The number of thiazole rings is 1. The number of hydrogen-bond donors (Lipinski definition) is 0. The Balaban J connectivity index is 1.56. The first-order valence-corrected chi connectivity index (χ1v) is 13.4. The van der Waals surface area contributed by atoms with Crippen LogP contribution in [0.15, 0.2) is 60.1 Å². The molecule has 2 aromatic carbocycles. The Kier molecular flexibility index (Phi) is 6.94. The number of carbonyl (C=O) groups is 2. The molecule has 0 aliphatic carbocycles. The maximum atomic E-state index is 12.8. The molecule has 4 rings (SSSR count). The van der Waals surface area contributed by atoms with Crippen molar-refractivity contribution >= 4 is 54.6 Å². The van der Waals surface area contributed by atoms with Crippen LogP contribution >= 0.6 is 11.3 Å². The third-order valence-electron chi connectivity index (χ3n) is 5.51. The fourth-order valence-corrected chi connectivity index (χ4v) is 6.17. The van der Waals surface area contributed by atoms with Crippen LogP contribution in [0.3, 0.4) is 0 Å². The average molecular weight is 515 g/mol. The fraction of sp³-hybridized carbons (Fsp3) is 0.261. The SMILES string of the molecule is C=CCn1c(=NC(=O)CS(=O)(=O)CC(=O)N2CCCc3ccccc32)sc2cc([N+](=O)[O-])ccc21. The van der Waals surface area contributed by atoms with E-state index in [2.05, 4.69) is 11.6 Å². The van der Waals surface area contributed by atoms with Crippen molar-refractivity contribution in [3.63, 3.8) is 0 Å². The molecule has 182 valence electrons. The number of rotatable bonds is 7. The van der Waals surface area contributed by atoms with Crippen molar-refractivity contribution in [2.45, 2.75) is 19.4 Å². The number of aromatic nitrogens is 1. The smallest absolute Gasteiger partial charge is 0.270 e. The number of carbonyl (C=O) groups excluding carboxylic acids is 2. The van der Waals surface area contributed by atoms with E-state index >= 15 is 0 Å². The number of aryl methyl sites for hydroxylation is 1. The molecule has 3 aromatic rings. The number of hydrogen-bond acceptors (Lipinski definition) is 7. The zero-order valence-corrected chi connectivity index (χ0v) is 20.3. The summed E-state index contributed by atoms with van der Waals surface area (Å²) in [5, 5.41) is 11.1. The minimum Gasteiger partial charge on any atom is -0.312 e. The van der Waals surface area contributed by atoms with Gasteiger partial charge in [0.15, 0.2) is 14.6 Å². The minimum atomic E-state index is -4.07. The molecule has 0 spiro atoms. The van der Waals surface area contributed by atoms with Gasteiger partial charge < -0.3 is 9.47 Å². The Hall–Kier alpha value is -3.64. The molecule has 0 atom stereocenters. The van der Waals surface area contributed by atoms with Gasteiger partial charge in [-0.15, -0.1) is 6.58 Å². The summed E-state index contributed by atoms with van der Waals surface area (Å²) in [6.45, 7) is 4.36. The largest absolute Gasteiger partial charge is 0.312 e. The lowest BCUT2D eigenvalue weighted by atomic mass is 10.0. The second-order valence-corrected chi connectivity index (χ2v) is 11.1. The van der Waals surface area contributed by atoms with Crippen LogP contribution in [0.25, 0.3) is 10.2 Å². The summed E-state index contributed by atoms with van der Waals surface area (Å²) in [5.41, 5.74) is 2.17. The van der Waals surface area contributed by atoms with Crippen LogP contribution in [-0.2, 0) is 32.4 Å². The maximum Gasteiger partial charge on any atom is 0.270 e. The molecule has 1 aliphatic rings. The van der Waals surface area contributed by atoms with E-state index in [1.807, 2.05) is 12.1 Å². The van der Waals surface area contributed by atoms with Crippen molar-refractivity contribution in [2.75, 3.05) is 23.0 Å². The molecule has 0 radical (unpaired) electrons. The Bertz CT molecular complexity index is 1520. The molecule has 0 saturated carbocycles. The Morgan fingerprint density at radius 2 is 1.97 bits per heavy atom. The first-order valence-electron chi connectivity index (χ1n) is 10.7. The van der Waals surface area contributed by atoms with Crippen molar-refractivity contribution in [1.82, 2.24) is 4.57 Å². The van der Waals surface area contributed by atoms with E-state index in [4.69, 9.17) is 0 Å². The first kappa shape index (κ1) is 24.5. The number of benzene rings is 2. The monoisotopic (exact) mass is 514 g/mol. The van der Waals surface area contributed by atoms with Gasteiger partial charge >= 0.3 is 0 Å². The lowest BCUT2D eigenvalue weighted by molar-refractivity contribution is -0.384. The van der Waals surface area contributed by atoms with Gasteiger partial charge in [-0.1, -0.05) is 35.6 Å². The van der Waals surface area contributed by atoms with Crippen molar-refractivity contribution < 1.29 is 22.9 Å². The Morgan fingerprint density at radius 3 is 2.71 bits per heavy atom. The molecule has 0 saturated heterocycles. The number of nitro benzene ring substituents is 1. The quantitative estimate of drug-likeness (QED) is 0.270. The third-order valence-corrected chi connectivity index (χ3v) is 7.92. The van der Waals surface area contributed by atoms with Gasteiger partial charge in [0.2, 0.25) is 5.91 Å². The van der Waals surface area contributed by atoms with E-state index in [0.717, 1.165) is 29.7 Å². The number of fused-ring (bicyclic) bond motifs is 2. The third kappa shape index (κ3) is 5.38. The number of amides is 2. The second kappa shape index (κ2) is 9.92. The van der Waals surface area contributed by atoms with Crippen LogP contribution in [0.2, 0.25) is 0 Å². The topological polar surface area (TPSA) is 132 Å². The van der Waals surface area contributed by atoms with Crippen molar-refractivity contribution in [1.29, 1.82) is 0 Å². The molecule has 12 heteroatoms. The first-order chi connectivity index (χ1) is 16.7. The van der Waals surface area contributed by atoms with Crippen LogP contribution in [-0.4, -0.2) is 47.8 Å². The molecule has 0 N–H and O–H groups in total. The molecule has 0 unspecified atom stereocenters. The Morgan fingerprint density at radius 1 is 1.20 bits per heavy atom. The van der Waals surface area contributed by atoms with E-state index in [-0.39, 0.29) is 17.0 Å². The zero-order valence-electron chi connectivity index (χ0n) is 18.6. The molecule has 0 bridgehead atoms. The molecule has 1 aliphatic heterocycles. The van der Waals surface area contributed by atoms with Crippen LogP contribution in [0.5, 0.6) is 0 Å². The number of sulfone groups is 1. The van der Waals surface area contributed by atoms with Crippen LogP contribution in [0.4, 0.5) is 11.4 Å². The van der Waals surface area contributed by atoms with Crippen molar-refractivity contribution in [3.8, 4) is 0 Å². The molecule has 1 aromatic heterocycles. The van der Waals surface area contributed by atoms with E-state index < -0.39 is 38.1 Å². The molecule has 35 heavy (non-hydrogen) atoms. The summed E-state index contributed by atoms with van der Waals surface area (Å²) >= 11 is 1.03. The average Bonchev–Trinajstić information content (AvgIpc) is 3.14. The molecule has 0 fully saturated rings. The lowest BCUT2D eigenvalue weighted by Gasteiger charge is -2.29. The fourth-order valence-electron chi connectivity index (χ4n) is 4.00. The normalized spacial score (nSPS) is 14.1. The predicted molar refractivity (Wildman–Crippen MR) is 133 cm³/mol. The molecule has 10 nitrogen and oxygen atoms in total. The standard InChI is InChI=1S/C23H22N4O6S2/c1-2-11-26-19-10-9-17(27(30)31)13-20(19)34-23(26)24-21(28)14-35(32,33)15-22(29)25-12-5-7-16-6-3-4-8-18(16)25/h2-4,6,8-10,13H,1,5,7,11-12,14-15H2. The zero-order chi connectivity index (χ0) is 25.2. The van der Waals surface area contributed by atoms with Gasteiger partial charge in [0.05, 0.1) is 15.1 Å².